The van der Waals surface area contributed by atoms with E-state index >= 15 is 0 Å². The number of aromatic nitrogens is 2. The molecule has 1 saturated carbocycles. The molecule has 170 valence electrons. The molecule has 4 rings (SSSR count). The molecule has 3 aromatic rings. The number of carbonyl (C=O) groups is 2. The molecule has 1 aliphatic carbocycles. The van der Waals surface area contributed by atoms with Crippen LogP contribution in [0, 0.1) is 0 Å². The highest BCUT2D eigenvalue weighted by molar-refractivity contribution is 7.09. The van der Waals surface area contributed by atoms with Crippen molar-refractivity contribution in [3.63, 3.8) is 0 Å². The highest BCUT2D eigenvalue weighted by atomic mass is 32.1. The van der Waals surface area contributed by atoms with Gasteiger partial charge in [-0.1, -0.05) is 49.2 Å². The molecule has 8 heteroatoms. The molecule has 7 nitrogen and oxygen atoms in total. The van der Waals surface area contributed by atoms with Crippen molar-refractivity contribution in [3.8, 4) is 11.3 Å². The molecule has 0 unspecified atom stereocenters. The van der Waals surface area contributed by atoms with Crippen LogP contribution in [0.3, 0.4) is 0 Å². The maximum Gasteiger partial charge on any atom is 0.257 e. The van der Waals surface area contributed by atoms with Gasteiger partial charge in [0, 0.05) is 35.9 Å². The molecule has 0 radical (unpaired) electrons. The van der Waals surface area contributed by atoms with Crippen molar-refractivity contribution in [1.82, 2.24) is 20.2 Å². The van der Waals surface area contributed by atoms with E-state index in [1.165, 1.54) is 11.3 Å². The van der Waals surface area contributed by atoms with Crippen molar-refractivity contribution in [2.45, 2.75) is 38.3 Å². The second kappa shape index (κ2) is 10.4. The van der Waals surface area contributed by atoms with Crippen LogP contribution < -0.4 is 16.1 Å². The van der Waals surface area contributed by atoms with Gasteiger partial charge in [0.25, 0.3) is 11.8 Å². The minimum Gasteiger partial charge on any atom is -0.349 e. The summed E-state index contributed by atoms with van der Waals surface area (Å²) in [5.41, 5.74) is 1.20. The van der Waals surface area contributed by atoms with E-state index in [-0.39, 0.29) is 30.3 Å². The molecule has 33 heavy (non-hydrogen) atoms. The number of hydrogen-bond acceptors (Lipinski definition) is 5. The fraction of sp³-hybridized carbons (Fsp3) is 0.280. The van der Waals surface area contributed by atoms with E-state index in [2.05, 4.69) is 22.2 Å². The Kier molecular flexibility index (Phi) is 7.14. The van der Waals surface area contributed by atoms with Gasteiger partial charge < -0.3 is 15.2 Å². The summed E-state index contributed by atoms with van der Waals surface area (Å²) < 4.78 is 1.85. The predicted octanol–water partition coefficient (Wildman–Crippen LogP) is 3.93. The first kappa shape index (κ1) is 22.7. The minimum atomic E-state index is -0.576. The van der Waals surface area contributed by atoms with Crippen LogP contribution in [0.5, 0.6) is 0 Å². The first-order valence-corrected chi connectivity index (χ1v) is 11.9. The maximum atomic E-state index is 13.0. The molecule has 0 aliphatic heterocycles. The molecular weight excluding hydrogens is 436 g/mol. The fourth-order valence-corrected chi connectivity index (χ4v) is 4.72. The van der Waals surface area contributed by atoms with Gasteiger partial charge >= 0.3 is 0 Å². The van der Waals surface area contributed by atoms with Crippen LogP contribution in [0.25, 0.3) is 11.3 Å². The zero-order chi connectivity index (χ0) is 23.2. The lowest BCUT2D eigenvalue weighted by atomic mass is 10.1. The number of thiazole rings is 1. The first-order chi connectivity index (χ1) is 16.1. The molecule has 1 fully saturated rings. The molecule has 0 spiro atoms. The number of amides is 2. The average Bonchev–Trinajstić information content (AvgIpc) is 3.54. The highest BCUT2D eigenvalue weighted by Crippen LogP contribution is 2.29. The van der Waals surface area contributed by atoms with Crippen molar-refractivity contribution >= 4 is 23.2 Å². The number of rotatable bonds is 8. The standard InChI is InChI=1S/C25H26N4O3S/c1-2-12-26-24(31)19-14-29(18-10-6-7-11-18)15-20(23(19)30)25(32)27-13-22-28-21(16-33-22)17-8-4-3-5-9-17/h2-5,8-9,14-16,18H,1,6-7,10-13H2,(H,26,31)(H,27,32). The Hall–Kier alpha value is -3.52. The van der Waals surface area contributed by atoms with E-state index in [0.29, 0.717) is 0 Å². The summed E-state index contributed by atoms with van der Waals surface area (Å²) in [4.78, 5) is 43.1. The van der Waals surface area contributed by atoms with E-state index < -0.39 is 17.2 Å². The van der Waals surface area contributed by atoms with Crippen molar-refractivity contribution in [3.05, 3.63) is 87.1 Å². The third-order valence-corrected chi connectivity index (χ3v) is 6.56. The zero-order valence-corrected chi connectivity index (χ0v) is 19.1. The summed E-state index contributed by atoms with van der Waals surface area (Å²) in [6.45, 7) is 4.02. The Bertz CT molecular complexity index is 1210. The Balaban J connectivity index is 1.55. The van der Waals surface area contributed by atoms with E-state index in [0.717, 1.165) is 41.9 Å². The van der Waals surface area contributed by atoms with Gasteiger partial charge in [0.05, 0.1) is 12.2 Å². The van der Waals surface area contributed by atoms with Gasteiger partial charge in [-0.15, -0.1) is 17.9 Å². The second-order valence-electron chi connectivity index (χ2n) is 7.97. The van der Waals surface area contributed by atoms with Crippen molar-refractivity contribution in [2.75, 3.05) is 6.54 Å². The van der Waals surface area contributed by atoms with Crippen molar-refractivity contribution in [1.29, 1.82) is 0 Å². The zero-order valence-electron chi connectivity index (χ0n) is 18.3. The summed E-state index contributed by atoms with van der Waals surface area (Å²) in [5.74, 6) is -1.02. The van der Waals surface area contributed by atoms with Crippen LogP contribution >= 0.6 is 11.3 Å². The number of nitrogens with one attached hydrogen (secondary N) is 2. The summed E-state index contributed by atoms with van der Waals surface area (Å²) in [6, 6.07) is 9.97. The van der Waals surface area contributed by atoms with Crippen molar-refractivity contribution in [2.24, 2.45) is 0 Å². The van der Waals surface area contributed by atoms with Crippen LogP contribution in [-0.2, 0) is 6.54 Å². The summed E-state index contributed by atoms with van der Waals surface area (Å²) in [6.07, 6.45) is 8.78. The lowest BCUT2D eigenvalue weighted by Crippen LogP contribution is -2.35. The van der Waals surface area contributed by atoms with Crippen LogP contribution in [0.4, 0.5) is 0 Å². The summed E-state index contributed by atoms with van der Waals surface area (Å²) in [5, 5.41) is 8.11. The summed E-state index contributed by atoms with van der Waals surface area (Å²) in [7, 11) is 0. The molecular formula is C25H26N4O3S. The first-order valence-electron chi connectivity index (χ1n) is 11.0. The maximum absolute atomic E-state index is 13.0. The average molecular weight is 463 g/mol. The van der Waals surface area contributed by atoms with Gasteiger partial charge in [0.1, 0.15) is 16.1 Å². The summed E-state index contributed by atoms with van der Waals surface area (Å²) >= 11 is 1.44. The SMILES string of the molecule is C=CCNC(=O)c1cn(C2CCCC2)cc(C(=O)NCc2nc(-c3ccccc3)cs2)c1=O. The van der Waals surface area contributed by atoms with Gasteiger partial charge in [-0.3, -0.25) is 14.4 Å². The highest BCUT2D eigenvalue weighted by Gasteiger charge is 2.23. The molecule has 2 heterocycles. The number of pyridine rings is 1. The molecule has 1 aromatic carbocycles. The topological polar surface area (TPSA) is 93.1 Å². The second-order valence-corrected chi connectivity index (χ2v) is 8.92. The van der Waals surface area contributed by atoms with Gasteiger partial charge in [0.15, 0.2) is 0 Å². The smallest absolute Gasteiger partial charge is 0.257 e. The third kappa shape index (κ3) is 5.28. The third-order valence-electron chi connectivity index (χ3n) is 5.71. The Labute approximate surface area is 196 Å². The van der Waals surface area contributed by atoms with E-state index in [9.17, 15) is 14.4 Å². The molecule has 0 saturated heterocycles. The normalized spacial score (nSPS) is 13.6. The van der Waals surface area contributed by atoms with Crippen LogP contribution in [0.15, 0.2) is 65.6 Å². The molecule has 0 atom stereocenters. The van der Waals surface area contributed by atoms with E-state index in [1.54, 1.807) is 18.5 Å². The van der Waals surface area contributed by atoms with Crippen LogP contribution in [0.2, 0.25) is 0 Å². The lowest BCUT2D eigenvalue weighted by Gasteiger charge is -2.17. The minimum absolute atomic E-state index is 0.0305. The van der Waals surface area contributed by atoms with Crippen molar-refractivity contribution < 1.29 is 9.59 Å². The Morgan fingerprint density at radius 2 is 1.76 bits per heavy atom. The number of carbonyl (C=O) groups excluding carboxylic acids is 2. The van der Waals surface area contributed by atoms with E-state index in [1.807, 2.05) is 40.3 Å². The van der Waals surface area contributed by atoms with Gasteiger partial charge in [-0.25, -0.2) is 4.98 Å². The fourth-order valence-electron chi connectivity index (χ4n) is 3.98. The van der Waals surface area contributed by atoms with Gasteiger partial charge in [-0.2, -0.15) is 0 Å². The number of nitrogens with zero attached hydrogens (tertiary/aromatic N) is 2. The molecule has 0 bridgehead atoms. The molecule has 1 aliphatic rings. The monoisotopic (exact) mass is 462 g/mol. The number of benzene rings is 1. The Morgan fingerprint density at radius 3 is 2.42 bits per heavy atom. The molecule has 2 aromatic heterocycles. The van der Waals surface area contributed by atoms with E-state index in [4.69, 9.17) is 0 Å². The Morgan fingerprint density at radius 1 is 1.09 bits per heavy atom. The quantitative estimate of drug-likeness (QED) is 0.496. The lowest BCUT2D eigenvalue weighted by molar-refractivity contribution is 0.0948. The number of hydrogen-bond donors (Lipinski definition) is 2. The molecule has 2 amide bonds. The molecule has 2 N–H and O–H groups in total. The predicted molar refractivity (Wildman–Crippen MR) is 129 cm³/mol. The van der Waals surface area contributed by atoms with Gasteiger partial charge in [-0.05, 0) is 12.8 Å². The van der Waals surface area contributed by atoms with Gasteiger partial charge in [0.2, 0.25) is 5.43 Å². The van der Waals surface area contributed by atoms with Crippen LogP contribution in [0.1, 0.15) is 57.4 Å². The largest absolute Gasteiger partial charge is 0.349 e. The van der Waals surface area contributed by atoms with Crippen LogP contribution in [-0.4, -0.2) is 27.9 Å².